The fourth-order valence-electron chi connectivity index (χ4n) is 2.53. The van der Waals surface area contributed by atoms with Gasteiger partial charge in [0.1, 0.15) is 5.75 Å². The van der Waals surface area contributed by atoms with E-state index >= 15 is 0 Å². The third kappa shape index (κ3) is 5.31. The maximum absolute atomic E-state index is 12.3. The zero-order valence-corrected chi connectivity index (χ0v) is 13.5. The summed E-state index contributed by atoms with van der Waals surface area (Å²) in [6.07, 6.45) is 3.87. The van der Waals surface area contributed by atoms with E-state index in [9.17, 15) is 13.2 Å². The normalized spacial score (nSPS) is 19.0. The zero-order valence-electron chi connectivity index (χ0n) is 12.7. The Morgan fingerprint density at radius 3 is 2.73 bits per heavy atom. The average molecular weight is 326 g/mol. The predicted molar refractivity (Wildman–Crippen MR) is 84.1 cm³/mol. The summed E-state index contributed by atoms with van der Waals surface area (Å²) in [5, 5.41) is 0. The Morgan fingerprint density at radius 2 is 2.05 bits per heavy atom. The van der Waals surface area contributed by atoms with Crippen molar-refractivity contribution >= 4 is 15.9 Å². The summed E-state index contributed by atoms with van der Waals surface area (Å²) in [4.78, 5) is 14.1. The van der Waals surface area contributed by atoms with E-state index in [1.807, 2.05) is 18.2 Å². The summed E-state index contributed by atoms with van der Waals surface area (Å²) >= 11 is 0. The molecule has 1 saturated heterocycles. The van der Waals surface area contributed by atoms with E-state index in [2.05, 4.69) is 4.72 Å². The average Bonchev–Trinajstić information content (AvgIpc) is 2.51. The molecule has 0 spiro atoms. The van der Waals surface area contributed by atoms with Gasteiger partial charge in [-0.2, -0.15) is 0 Å². The summed E-state index contributed by atoms with van der Waals surface area (Å²) < 4.78 is 30.4. The first-order valence-electron chi connectivity index (χ1n) is 7.37. The highest BCUT2D eigenvalue weighted by atomic mass is 32.2. The molecule has 1 fully saturated rings. The van der Waals surface area contributed by atoms with Crippen LogP contribution >= 0.6 is 0 Å². The first-order chi connectivity index (χ1) is 10.5. The Morgan fingerprint density at radius 1 is 1.32 bits per heavy atom. The van der Waals surface area contributed by atoms with Gasteiger partial charge < -0.3 is 9.64 Å². The fraction of sp³-hybridized carbons (Fsp3) is 0.533. The van der Waals surface area contributed by atoms with E-state index in [1.54, 1.807) is 17.0 Å². The van der Waals surface area contributed by atoms with Crippen LogP contribution < -0.4 is 9.46 Å². The Labute approximate surface area is 131 Å². The van der Waals surface area contributed by atoms with Crippen LogP contribution in [0.3, 0.4) is 0 Å². The second-order valence-corrected chi connectivity index (χ2v) is 7.29. The Balaban J connectivity index is 1.90. The number of carbonyl (C=O) groups excluding carboxylic acids is 1. The molecule has 1 aromatic rings. The number of sulfonamides is 1. The summed E-state index contributed by atoms with van der Waals surface area (Å²) in [7, 11) is -3.25. The second-order valence-electron chi connectivity index (χ2n) is 5.46. The Bertz CT molecular complexity index is 589. The van der Waals surface area contributed by atoms with Gasteiger partial charge in [0.15, 0.2) is 6.61 Å². The number of benzene rings is 1. The third-order valence-electron chi connectivity index (χ3n) is 3.63. The summed E-state index contributed by atoms with van der Waals surface area (Å²) in [6, 6.07) is 9.07. The summed E-state index contributed by atoms with van der Waals surface area (Å²) in [5.74, 6) is 0.544. The molecule has 1 amide bonds. The molecule has 0 aromatic heterocycles. The van der Waals surface area contributed by atoms with Crippen LogP contribution in [0.5, 0.6) is 5.75 Å². The lowest BCUT2D eigenvalue weighted by Gasteiger charge is -2.35. The highest BCUT2D eigenvalue weighted by molar-refractivity contribution is 7.88. The molecule has 1 atom stereocenters. The van der Waals surface area contributed by atoms with Gasteiger partial charge in [0.25, 0.3) is 5.91 Å². The topological polar surface area (TPSA) is 75.7 Å². The van der Waals surface area contributed by atoms with E-state index in [-0.39, 0.29) is 25.1 Å². The molecule has 22 heavy (non-hydrogen) atoms. The van der Waals surface area contributed by atoms with Crippen molar-refractivity contribution in [2.24, 2.45) is 0 Å². The largest absolute Gasteiger partial charge is 0.484 e. The Kier molecular flexibility index (Phi) is 5.79. The number of likely N-dealkylation sites (tertiary alicyclic amines) is 1. The molecular formula is C15H22N2O4S. The molecule has 0 radical (unpaired) electrons. The van der Waals surface area contributed by atoms with Gasteiger partial charge in [0.05, 0.1) is 6.26 Å². The lowest BCUT2D eigenvalue weighted by molar-refractivity contribution is -0.136. The lowest BCUT2D eigenvalue weighted by Crippen LogP contribution is -2.50. The molecule has 7 heteroatoms. The minimum Gasteiger partial charge on any atom is -0.484 e. The van der Waals surface area contributed by atoms with Gasteiger partial charge in [-0.1, -0.05) is 18.2 Å². The molecule has 122 valence electrons. The van der Waals surface area contributed by atoms with Crippen molar-refractivity contribution in [3.05, 3.63) is 30.3 Å². The molecule has 1 aromatic carbocycles. The van der Waals surface area contributed by atoms with Crippen LogP contribution in [0.25, 0.3) is 0 Å². The summed E-state index contributed by atoms with van der Waals surface area (Å²) in [6.45, 7) is 0.877. The number of nitrogens with one attached hydrogen (secondary N) is 1. The van der Waals surface area contributed by atoms with Gasteiger partial charge in [-0.25, -0.2) is 13.1 Å². The highest BCUT2D eigenvalue weighted by Crippen LogP contribution is 2.17. The molecule has 1 aliphatic heterocycles. The predicted octanol–water partition coefficient (Wildman–Crippen LogP) is 0.996. The first kappa shape index (κ1) is 16.8. The maximum atomic E-state index is 12.3. The van der Waals surface area contributed by atoms with Crippen LogP contribution in [0.4, 0.5) is 0 Å². The van der Waals surface area contributed by atoms with Crippen LogP contribution in [0.15, 0.2) is 30.3 Å². The smallest absolute Gasteiger partial charge is 0.260 e. The molecular weight excluding hydrogens is 304 g/mol. The van der Waals surface area contributed by atoms with Crippen molar-refractivity contribution in [1.82, 2.24) is 9.62 Å². The Hall–Kier alpha value is -1.60. The van der Waals surface area contributed by atoms with E-state index in [0.717, 1.165) is 25.5 Å². The monoisotopic (exact) mass is 326 g/mol. The minimum atomic E-state index is -3.25. The van der Waals surface area contributed by atoms with Crippen LogP contribution in [0.1, 0.15) is 19.3 Å². The molecule has 1 heterocycles. The molecule has 0 unspecified atom stereocenters. The number of hydrogen-bond donors (Lipinski definition) is 1. The molecule has 1 aliphatic rings. The number of piperidine rings is 1. The van der Waals surface area contributed by atoms with E-state index in [4.69, 9.17) is 4.74 Å². The number of ether oxygens (including phenoxy) is 1. The van der Waals surface area contributed by atoms with E-state index in [0.29, 0.717) is 12.3 Å². The molecule has 1 N–H and O–H groups in total. The second kappa shape index (κ2) is 7.60. The van der Waals surface area contributed by atoms with Crippen molar-refractivity contribution in [2.75, 3.05) is 26.0 Å². The van der Waals surface area contributed by atoms with Gasteiger partial charge in [-0.05, 0) is 31.4 Å². The molecule has 0 bridgehead atoms. The summed E-state index contributed by atoms with van der Waals surface area (Å²) in [5.41, 5.74) is 0. The SMILES string of the molecule is CS(=O)(=O)NC[C@H]1CCCCN1C(=O)COc1ccccc1. The molecule has 0 saturated carbocycles. The van der Waals surface area contributed by atoms with Crippen molar-refractivity contribution in [2.45, 2.75) is 25.3 Å². The number of amides is 1. The standard InChI is InChI=1S/C15H22N2O4S/c1-22(19,20)16-11-13-7-5-6-10-17(13)15(18)12-21-14-8-3-2-4-9-14/h2-4,8-9,13,16H,5-7,10-12H2,1H3/t13-/m1/s1. The van der Waals surface area contributed by atoms with Crippen molar-refractivity contribution in [3.8, 4) is 5.75 Å². The third-order valence-corrected chi connectivity index (χ3v) is 4.33. The number of nitrogens with zero attached hydrogens (tertiary/aromatic N) is 1. The van der Waals surface area contributed by atoms with Crippen molar-refractivity contribution in [3.63, 3.8) is 0 Å². The quantitative estimate of drug-likeness (QED) is 0.846. The zero-order chi connectivity index (χ0) is 16.0. The number of rotatable bonds is 6. The van der Waals surface area contributed by atoms with Gasteiger partial charge in [-0.3, -0.25) is 4.79 Å². The molecule has 0 aliphatic carbocycles. The molecule has 2 rings (SSSR count). The van der Waals surface area contributed by atoms with Gasteiger partial charge in [0, 0.05) is 19.1 Å². The van der Waals surface area contributed by atoms with Gasteiger partial charge in [0.2, 0.25) is 10.0 Å². The van der Waals surface area contributed by atoms with Crippen LogP contribution in [0.2, 0.25) is 0 Å². The van der Waals surface area contributed by atoms with Gasteiger partial charge >= 0.3 is 0 Å². The maximum Gasteiger partial charge on any atom is 0.260 e. The minimum absolute atomic E-state index is 0.0284. The number of para-hydroxylation sites is 1. The van der Waals surface area contributed by atoms with Gasteiger partial charge in [-0.15, -0.1) is 0 Å². The number of hydrogen-bond acceptors (Lipinski definition) is 4. The lowest BCUT2D eigenvalue weighted by atomic mass is 10.0. The highest BCUT2D eigenvalue weighted by Gasteiger charge is 2.27. The van der Waals surface area contributed by atoms with Crippen LogP contribution in [-0.4, -0.2) is 51.2 Å². The number of carbonyl (C=O) groups is 1. The van der Waals surface area contributed by atoms with E-state index in [1.165, 1.54) is 0 Å². The van der Waals surface area contributed by atoms with Crippen LogP contribution in [0, 0.1) is 0 Å². The molecule has 6 nitrogen and oxygen atoms in total. The fourth-order valence-corrected chi connectivity index (χ4v) is 3.03. The van der Waals surface area contributed by atoms with Crippen molar-refractivity contribution < 1.29 is 17.9 Å². The van der Waals surface area contributed by atoms with E-state index < -0.39 is 10.0 Å². The first-order valence-corrected chi connectivity index (χ1v) is 9.27. The van der Waals surface area contributed by atoms with Crippen molar-refractivity contribution in [1.29, 1.82) is 0 Å². The van der Waals surface area contributed by atoms with Crippen LogP contribution in [-0.2, 0) is 14.8 Å².